The monoisotopic (exact) mass is 174 g/mol. The molecule has 3 rings (SSSR count). The third kappa shape index (κ3) is 1.03. The average molecular weight is 174 g/mol. The van der Waals surface area contributed by atoms with Gasteiger partial charge in [-0.25, -0.2) is 0 Å². The lowest BCUT2D eigenvalue weighted by Crippen LogP contribution is -2.15. The van der Waals surface area contributed by atoms with Gasteiger partial charge >= 0.3 is 0 Å². The van der Waals surface area contributed by atoms with Crippen molar-refractivity contribution in [2.24, 2.45) is 0 Å². The van der Waals surface area contributed by atoms with Gasteiger partial charge in [-0.05, 0) is 30.9 Å². The van der Waals surface area contributed by atoms with E-state index in [0.29, 0.717) is 5.92 Å². The number of rotatable bonds is 1. The summed E-state index contributed by atoms with van der Waals surface area (Å²) < 4.78 is 5.54. The van der Waals surface area contributed by atoms with Gasteiger partial charge in [0.15, 0.2) is 0 Å². The topological polar surface area (TPSA) is 12.5 Å². The first kappa shape index (κ1) is 7.57. The van der Waals surface area contributed by atoms with E-state index in [0.717, 1.165) is 6.61 Å². The lowest BCUT2D eigenvalue weighted by Gasteiger charge is -2.15. The van der Waals surface area contributed by atoms with Crippen LogP contribution in [0.15, 0.2) is 24.3 Å². The van der Waals surface area contributed by atoms with Crippen molar-refractivity contribution in [2.75, 3.05) is 6.61 Å². The van der Waals surface area contributed by atoms with Gasteiger partial charge in [0.25, 0.3) is 0 Å². The van der Waals surface area contributed by atoms with Crippen molar-refractivity contribution in [3.63, 3.8) is 0 Å². The molecule has 68 valence electrons. The van der Waals surface area contributed by atoms with Gasteiger partial charge in [0.2, 0.25) is 0 Å². The Morgan fingerprint density at radius 3 is 2.92 bits per heavy atom. The molecule has 1 aliphatic carbocycles. The normalized spacial score (nSPS) is 35.9. The van der Waals surface area contributed by atoms with E-state index in [1.165, 1.54) is 24.0 Å². The van der Waals surface area contributed by atoms with E-state index in [4.69, 9.17) is 4.74 Å². The quantitative estimate of drug-likeness (QED) is 0.596. The third-order valence-corrected chi connectivity index (χ3v) is 3.47. The van der Waals surface area contributed by atoms with Crippen LogP contribution in [0.4, 0.5) is 0 Å². The minimum atomic E-state index is 0.173. The molecule has 2 atom stereocenters. The lowest BCUT2D eigenvalue weighted by molar-refractivity contribution is 0.280. The first-order valence-corrected chi connectivity index (χ1v) is 5.01. The SMILES string of the molecule is CC1(C2CCc3ccccc32)CO1. The van der Waals surface area contributed by atoms with Crippen LogP contribution in [0.1, 0.15) is 30.4 Å². The second-order valence-corrected chi connectivity index (χ2v) is 4.39. The Balaban J connectivity index is 2.02. The highest BCUT2D eigenvalue weighted by Gasteiger charge is 2.49. The van der Waals surface area contributed by atoms with Gasteiger partial charge in [0.1, 0.15) is 0 Å². The molecule has 13 heavy (non-hydrogen) atoms. The Bertz CT molecular complexity index is 339. The second kappa shape index (κ2) is 2.36. The molecule has 0 saturated carbocycles. The summed E-state index contributed by atoms with van der Waals surface area (Å²) in [4.78, 5) is 0. The van der Waals surface area contributed by atoms with Crippen LogP contribution in [0.25, 0.3) is 0 Å². The molecule has 1 aromatic carbocycles. The van der Waals surface area contributed by atoms with Crippen LogP contribution in [0.5, 0.6) is 0 Å². The zero-order valence-electron chi connectivity index (χ0n) is 7.92. The molecule has 1 aliphatic heterocycles. The number of epoxide rings is 1. The van der Waals surface area contributed by atoms with E-state index in [2.05, 4.69) is 31.2 Å². The van der Waals surface area contributed by atoms with Gasteiger partial charge in [-0.1, -0.05) is 24.3 Å². The standard InChI is InChI=1S/C12H14O/c1-12(8-13-12)11-7-6-9-4-2-3-5-10(9)11/h2-5,11H,6-8H2,1H3. The van der Waals surface area contributed by atoms with Crippen molar-refractivity contribution in [1.29, 1.82) is 0 Å². The molecule has 0 radical (unpaired) electrons. The summed E-state index contributed by atoms with van der Waals surface area (Å²) in [6.07, 6.45) is 2.51. The minimum Gasteiger partial charge on any atom is -0.369 e. The van der Waals surface area contributed by atoms with E-state index >= 15 is 0 Å². The van der Waals surface area contributed by atoms with Crippen molar-refractivity contribution in [2.45, 2.75) is 31.3 Å². The predicted octanol–water partition coefficient (Wildman–Crippen LogP) is 2.51. The van der Waals surface area contributed by atoms with Crippen LogP contribution in [0.2, 0.25) is 0 Å². The number of hydrogen-bond acceptors (Lipinski definition) is 1. The van der Waals surface area contributed by atoms with Gasteiger partial charge in [0.05, 0.1) is 12.2 Å². The highest BCUT2D eigenvalue weighted by Crippen LogP contribution is 2.48. The number of benzene rings is 1. The first-order chi connectivity index (χ1) is 6.30. The molecule has 0 bridgehead atoms. The Morgan fingerprint density at radius 2 is 2.15 bits per heavy atom. The molecule has 1 heterocycles. The fraction of sp³-hybridized carbons (Fsp3) is 0.500. The highest BCUT2D eigenvalue weighted by molar-refractivity contribution is 5.38. The average Bonchev–Trinajstić information content (AvgIpc) is 2.76. The fourth-order valence-electron chi connectivity index (χ4n) is 2.51. The van der Waals surface area contributed by atoms with Gasteiger partial charge in [0, 0.05) is 5.92 Å². The molecule has 1 aromatic rings. The minimum absolute atomic E-state index is 0.173. The van der Waals surface area contributed by atoms with Gasteiger partial charge < -0.3 is 4.74 Å². The maximum Gasteiger partial charge on any atom is 0.0956 e. The second-order valence-electron chi connectivity index (χ2n) is 4.39. The van der Waals surface area contributed by atoms with Crippen molar-refractivity contribution < 1.29 is 4.74 Å². The van der Waals surface area contributed by atoms with Crippen LogP contribution >= 0.6 is 0 Å². The van der Waals surface area contributed by atoms with E-state index in [1.54, 1.807) is 0 Å². The van der Waals surface area contributed by atoms with Gasteiger partial charge in [-0.15, -0.1) is 0 Å². The van der Waals surface area contributed by atoms with E-state index in [1.807, 2.05) is 0 Å². The molecule has 2 unspecified atom stereocenters. The molecule has 0 amide bonds. The van der Waals surface area contributed by atoms with Crippen molar-refractivity contribution in [1.82, 2.24) is 0 Å². The summed E-state index contributed by atoms with van der Waals surface area (Å²) in [5, 5.41) is 0. The molecular weight excluding hydrogens is 160 g/mol. The number of fused-ring (bicyclic) bond motifs is 1. The molecule has 0 aromatic heterocycles. The number of hydrogen-bond donors (Lipinski definition) is 0. The predicted molar refractivity (Wildman–Crippen MR) is 51.9 cm³/mol. The number of aryl methyl sites for hydroxylation is 1. The van der Waals surface area contributed by atoms with Gasteiger partial charge in [-0.3, -0.25) is 0 Å². The zero-order valence-corrected chi connectivity index (χ0v) is 7.92. The fourth-order valence-corrected chi connectivity index (χ4v) is 2.51. The largest absolute Gasteiger partial charge is 0.369 e. The van der Waals surface area contributed by atoms with Crippen LogP contribution < -0.4 is 0 Å². The van der Waals surface area contributed by atoms with Gasteiger partial charge in [-0.2, -0.15) is 0 Å². The Hall–Kier alpha value is -0.820. The molecule has 0 spiro atoms. The lowest BCUT2D eigenvalue weighted by atomic mass is 9.89. The Labute approximate surface area is 78.7 Å². The summed E-state index contributed by atoms with van der Waals surface area (Å²) in [5.74, 6) is 0.656. The number of ether oxygens (including phenoxy) is 1. The Morgan fingerprint density at radius 1 is 1.38 bits per heavy atom. The molecule has 1 nitrogen and oxygen atoms in total. The molecule has 1 fully saturated rings. The van der Waals surface area contributed by atoms with E-state index in [-0.39, 0.29) is 5.60 Å². The van der Waals surface area contributed by atoms with E-state index < -0.39 is 0 Å². The highest BCUT2D eigenvalue weighted by atomic mass is 16.6. The van der Waals surface area contributed by atoms with Crippen LogP contribution in [-0.4, -0.2) is 12.2 Å². The van der Waals surface area contributed by atoms with Crippen molar-refractivity contribution in [3.8, 4) is 0 Å². The molecular formula is C12H14O. The summed E-state index contributed by atoms with van der Waals surface area (Å²) in [7, 11) is 0. The van der Waals surface area contributed by atoms with Crippen molar-refractivity contribution >= 4 is 0 Å². The maximum atomic E-state index is 5.54. The third-order valence-electron chi connectivity index (χ3n) is 3.47. The summed E-state index contributed by atoms with van der Waals surface area (Å²) in [6, 6.07) is 8.79. The first-order valence-electron chi connectivity index (χ1n) is 5.01. The van der Waals surface area contributed by atoms with Crippen LogP contribution in [-0.2, 0) is 11.2 Å². The Kier molecular flexibility index (Phi) is 1.37. The zero-order chi connectivity index (χ0) is 8.89. The molecule has 2 aliphatic rings. The molecule has 0 N–H and O–H groups in total. The smallest absolute Gasteiger partial charge is 0.0956 e. The molecule has 1 heteroatoms. The maximum absolute atomic E-state index is 5.54. The summed E-state index contributed by atoms with van der Waals surface area (Å²) in [5.41, 5.74) is 3.24. The molecule has 1 saturated heterocycles. The summed E-state index contributed by atoms with van der Waals surface area (Å²) in [6.45, 7) is 3.19. The van der Waals surface area contributed by atoms with E-state index in [9.17, 15) is 0 Å². The summed E-state index contributed by atoms with van der Waals surface area (Å²) >= 11 is 0. The van der Waals surface area contributed by atoms with Crippen LogP contribution in [0.3, 0.4) is 0 Å². The van der Waals surface area contributed by atoms with Crippen LogP contribution in [0, 0.1) is 0 Å². The van der Waals surface area contributed by atoms with Crippen molar-refractivity contribution in [3.05, 3.63) is 35.4 Å².